The maximum absolute atomic E-state index is 12.8. The molecular weight excluding hydrogens is 500 g/mol. The van der Waals surface area contributed by atoms with E-state index in [-0.39, 0.29) is 36.2 Å². The number of amides is 4. The number of hydrogen-bond acceptors (Lipinski definition) is 7. The van der Waals surface area contributed by atoms with Crippen LogP contribution in [-0.2, 0) is 4.79 Å². The van der Waals surface area contributed by atoms with Crippen LogP contribution in [0, 0.1) is 17.8 Å². The molecule has 5 aliphatic rings. The van der Waals surface area contributed by atoms with Crippen molar-refractivity contribution in [2.75, 3.05) is 26.2 Å². The number of carbonyl (C=O) groups excluding carboxylic acids is 2. The topological polar surface area (TPSA) is 168 Å². The van der Waals surface area contributed by atoms with Crippen molar-refractivity contribution >= 4 is 29.7 Å². The number of nitrogens with zero attached hydrogens (tertiary/aromatic N) is 2. The van der Waals surface area contributed by atoms with Crippen molar-refractivity contribution < 1.29 is 19.5 Å². The molecule has 7 N–H and O–H groups in total. The zero-order valence-electron chi connectivity index (χ0n) is 22.7. The van der Waals surface area contributed by atoms with E-state index in [2.05, 4.69) is 41.9 Å². The number of rotatable bonds is 7. The normalized spacial score (nSPS) is 34.5. The zero-order valence-corrected chi connectivity index (χ0v) is 22.7. The van der Waals surface area contributed by atoms with Crippen LogP contribution in [0.25, 0.3) is 0 Å². The minimum absolute atomic E-state index is 0.105. The molecule has 2 unspecified atom stereocenters. The van der Waals surface area contributed by atoms with Crippen molar-refractivity contribution in [3.8, 4) is 0 Å². The molecule has 2 heterocycles. The lowest BCUT2D eigenvalue weighted by Gasteiger charge is -2.35. The minimum atomic E-state index is -0.891. The summed E-state index contributed by atoms with van der Waals surface area (Å²) in [6.45, 7) is 3.53. The molecule has 0 aromatic rings. The van der Waals surface area contributed by atoms with Gasteiger partial charge in [0.15, 0.2) is 0 Å². The van der Waals surface area contributed by atoms with Crippen LogP contribution < -0.4 is 31.9 Å². The summed E-state index contributed by atoms with van der Waals surface area (Å²) >= 11 is 0. The van der Waals surface area contributed by atoms with E-state index in [0.29, 0.717) is 31.1 Å². The monoisotopic (exact) mass is 544 g/mol. The van der Waals surface area contributed by atoms with Crippen LogP contribution in [0.3, 0.4) is 0 Å². The molecule has 0 aromatic heterocycles. The van der Waals surface area contributed by atoms with Gasteiger partial charge in [0.1, 0.15) is 0 Å². The highest BCUT2D eigenvalue weighted by molar-refractivity contribution is 5.86. The first-order valence-corrected chi connectivity index (χ1v) is 14.9. The Balaban J connectivity index is 1.05. The van der Waals surface area contributed by atoms with Gasteiger partial charge in [0.2, 0.25) is 0 Å². The van der Waals surface area contributed by atoms with E-state index in [0.717, 1.165) is 89.2 Å². The van der Waals surface area contributed by atoms with Crippen molar-refractivity contribution in [3.63, 3.8) is 0 Å². The van der Waals surface area contributed by atoms with Gasteiger partial charge in [0.25, 0.3) is 0 Å². The summed E-state index contributed by atoms with van der Waals surface area (Å²) < 4.78 is 0. The summed E-state index contributed by atoms with van der Waals surface area (Å²) in [5, 5.41) is 28.6. The van der Waals surface area contributed by atoms with Gasteiger partial charge in [-0.1, -0.05) is 0 Å². The van der Waals surface area contributed by atoms with Gasteiger partial charge in [-0.15, -0.1) is 0 Å². The lowest BCUT2D eigenvalue weighted by Crippen LogP contribution is -2.55. The van der Waals surface area contributed by atoms with Gasteiger partial charge in [0.05, 0.1) is 30.7 Å². The molecule has 4 amide bonds. The smallest absolute Gasteiger partial charge is 0.315 e. The van der Waals surface area contributed by atoms with E-state index in [9.17, 15) is 19.5 Å². The van der Waals surface area contributed by atoms with Gasteiger partial charge in [-0.2, -0.15) is 0 Å². The number of carboxylic acids is 1. The first kappa shape index (κ1) is 27.5. The molecule has 12 heteroatoms. The number of amidine groups is 2. The lowest BCUT2D eigenvalue weighted by atomic mass is 9.82. The van der Waals surface area contributed by atoms with E-state index in [1.807, 2.05) is 0 Å². The van der Waals surface area contributed by atoms with Crippen LogP contribution in [0.4, 0.5) is 9.59 Å². The zero-order chi connectivity index (χ0) is 27.2. The summed E-state index contributed by atoms with van der Waals surface area (Å²) in [5.74, 6) is 1.64. The molecule has 0 saturated heterocycles. The first-order valence-electron chi connectivity index (χ1n) is 14.9. The van der Waals surface area contributed by atoms with Crippen molar-refractivity contribution in [3.05, 3.63) is 0 Å². The van der Waals surface area contributed by atoms with Gasteiger partial charge in [-0.05, 0) is 70.6 Å². The van der Waals surface area contributed by atoms with Crippen molar-refractivity contribution in [1.82, 2.24) is 31.9 Å². The predicted molar refractivity (Wildman–Crippen MR) is 148 cm³/mol. The molecule has 3 aliphatic carbocycles. The molecule has 5 rings (SSSR count). The predicted octanol–water partition coefficient (Wildman–Crippen LogP) is 1.33. The molecule has 0 radical (unpaired) electrons. The molecule has 0 aromatic carbocycles. The Bertz CT molecular complexity index is 887. The highest BCUT2D eigenvalue weighted by Gasteiger charge is 2.35. The number of hydrogen-bond donors (Lipinski definition) is 7. The summed E-state index contributed by atoms with van der Waals surface area (Å²) in [5.41, 5.74) is 0. The summed E-state index contributed by atoms with van der Waals surface area (Å²) in [4.78, 5) is 46.5. The molecule has 2 aliphatic heterocycles. The van der Waals surface area contributed by atoms with E-state index >= 15 is 0 Å². The minimum Gasteiger partial charge on any atom is -0.481 e. The van der Waals surface area contributed by atoms with Crippen LogP contribution >= 0.6 is 0 Å². The average Bonchev–Trinajstić information content (AvgIpc) is 3.64. The highest BCUT2D eigenvalue weighted by Crippen LogP contribution is 2.28. The summed E-state index contributed by atoms with van der Waals surface area (Å²) in [7, 11) is 0. The maximum atomic E-state index is 12.8. The fraction of sp³-hybridized carbons (Fsp3) is 0.815. The van der Waals surface area contributed by atoms with E-state index in [1.165, 1.54) is 0 Å². The van der Waals surface area contributed by atoms with Crippen molar-refractivity contribution in [2.24, 2.45) is 27.7 Å². The van der Waals surface area contributed by atoms with Crippen LogP contribution in [0.1, 0.15) is 70.6 Å². The fourth-order valence-electron chi connectivity index (χ4n) is 6.98. The highest BCUT2D eigenvalue weighted by atomic mass is 16.4. The number of carboxylic acid groups (broad SMARTS) is 1. The van der Waals surface area contributed by atoms with Crippen molar-refractivity contribution in [2.45, 2.75) is 94.8 Å². The van der Waals surface area contributed by atoms with Gasteiger partial charge < -0.3 is 37.0 Å². The Labute approximate surface area is 230 Å². The van der Waals surface area contributed by atoms with Gasteiger partial charge in [-0.25, -0.2) is 9.59 Å². The van der Waals surface area contributed by atoms with Crippen LogP contribution in [0.15, 0.2) is 9.98 Å². The van der Waals surface area contributed by atoms with Crippen molar-refractivity contribution in [1.29, 1.82) is 0 Å². The third kappa shape index (κ3) is 7.54. The Morgan fingerprint density at radius 3 is 1.38 bits per heavy atom. The average molecular weight is 545 g/mol. The summed E-state index contributed by atoms with van der Waals surface area (Å²) in [6, 6.07) is -0.927. The Hall–Kier alpha value is -3.05. The Kier molecular flexibility index (Phi) is 9.08. The number of carbonyl (C=O) groups is 3. The lowest BCUT2D eigenvalue weighted by molar-refractivity contribution is -0.143. The molecule has 0 spiro atoms. The second-order valence-electron chi connectivity index (χ2n) is 11.9. The fourth-order valence-corrected chi connectivity index (χ4v) is 6.98. The number of urea groups is 2. The molecule has 216 valence electrons. The number of aliphatic imine (C=N–C) groups is 2. The standard InChI is InChI=1S/C27H44N8O4/c36-25(37)18-13-21(34-26(38)32-19-5-1-16(2-6-19)23-28-9-10-29-23)15-22(14-18)35-27(39)33-20-7-3-17(4-8-20)24-30-11-12-31-24/h16-22H,1-15H2,(H,28,29)(H,30,31)(H,36,37)(H2,32,34,38)(H2,33,35,39). The Morgan fingerprint density at radius 1 is 0.615 bits per heavy atom. The van der Waals surface area contributed by atoms with E-state index in [4.69, 9.17) is 0 Å². The Morgan fingerprint density at radius 2 is 1.03 bits per heavy atom. The second kappa shape index (κ2) is 12.9. The third-order valence-electron chi connectivity index (χ3n) is 9.03. The molecule has 3 saturated carbocycles. The second-order valence-corrected chi connectivity index (χ2v) is 11.9. The van der Waals surface area contributed by atoms with Crippen LogP contribution in [-0.4, -0.2) is 85.2 Å². The third-order valence-corrected chi connectivity index (χ3v) is 9.03. The number of nitrogens with one attached hydrogen (secondary N) is 6. The summed E-state index contributed by atoms with van der Waals surface area (Å²) in [6.07, 6.45) is 8.83. The van der Waals surface area contributed by atoms with E-state index < -0.39 is 11.9 Å². The largest absolute Gasteiger partial charge is 0.481 e. The molecule has 3 fully saturated rings. The van der Waals surface area contributed by atoms with Gasteiger partial charge >= 0.3 is 18.0 Å². The van der Waals surface area contributed by atoms with Gasteiger partial charge in [0, 0.05) is 49.1 Å². The molecule has 39 heavy (non-hydrogen) atoms. The van der Waals surface area contributed by atoms with Crippen LogP contribution in [0.2, 0.25) is 0 Å². The quantitative estimate of drug-likeness (QED) is 0.255. The molecule has 2 atom stereocenters. The first-order chi connectivity index (χ1) is 18.9. The van der Waals surface area contributed by atoms with E-state index in [1.54, 1.807) is 0 Å². The van der Waals surface area contributed by atoms with Crippen LogP contribution in [0.5, 0.6) is 0 Å². The molecule has 0 bridgehead atoms. The molecule has 12 nitrogen and oxygen atoms in total. The number of aliphatic carboxylic acids is 1. The SMILES string of the molecule is O=C(NC1CCC(C2=NCCN2)CC1)NC1CC(NC(=O)NC2CCC(C3=NCCN3)CC2)CC(C(=O)O)C1. The van der Waals surface area contributed by atoms with Gasteiger partial charge in [-0.3, -0.25) is 14.8 Å². The maximum Gasteiger partial charge on any atom is 0.315 e. The molecular formula is C27H44N8O4.